The van der Waals surface area contributed by atoms with Crippen LogP contribution in [0.3, 0.4) is 0 Å². The number of carbonyl (C=O) groups excluding carboxylic acids is 1. The molecule has 4 rings (SSSR count). The molecule has 1 saturated carbocycles. The van der Waals surface area contributed by atoms with Crippen LogP contribution in [0.5, 0.6) is 0 Å². The molecule has 7 nitrogen and oxygen atoms in total. The number of hydrogen-bond donors (Lipinski definition) is 0. The molecule has 0 aliphatic heterocycles. The first-order valence-corrected chi connectivity index (χ1v) is 15.4. The van der Waals surface area contributed by atoms with Crippen molar-refractivity contribution in [3.8, 4) is 0 Å². The van der Waals surface area contributed by atoms with Crippen LogP contribution in [0.4, 0.5) is 0 Å². The van der Waals surface area contributed by atoms with Gasteiger partial charge in [-0.05, 0) is 60.9 Å². The molecular formula is C29H35Cl2N3O4S. The molecule has 0 spiro atoms. The van der Waals surface area contributed by atoms with Gasteiger partial charge in [-0.1, -0.05) is 60.7 Å². The van der Waals surface area contributed by atoms with E-state index in [2.05, 4.69) is 4.57 Å². The first-order chi connectivity index (χ1) is 18.8. The quantitative estimate of drug-likeness (QED) is 0.265. The number of ether oxygens (including phenoxy) is 1. The number of rotatable bonds is 12. The van der Waals surface area contributed by atoms with Gasteiger partial charge in [-0.25, -0.2) is 8.42 Å². The third-order valence-corrected chi connectivity index (χ3v) is 9.68. The minimum absolute atomic E-state index is 0.0532. The summed E-state index contributed by atoms with van der Waals surface area (Å²) in [7, 11) is -2.43. The Bertz CT molecular complexity index is 1340. The molecule has 0 radical (unpaired) electrons. The lowest BCUT2D eigenvalue weighted by Gasteiger charge is -2.36. The lowest BCUT2D eigenvalue weighted by Crippen LogP contribution is -2.48. The van der Waals surface area contributed by atoms with E-state index >= 15 is 0 Å². The van der Waals surface area contributed by atoms with E-state index in [4.69, 9.17) is 27.9 Å². The second-order valence-corrected chi connectivity index (χ2v) is 12.6. The Hall–Kier alpha value is -2.36. The number of aromatic nitrogens is 1. The predicted octanol–water partition coefficient (Wildman–Crippen LogP) is 5.84. The average Bonchev–Trinajstić information content (AvgIpc) is 3.38. The number of amides is 1. The highest BCUT2D eigenvalue weighted by Crippen LogP contribution is 2.26. The van der Waals surface area contributed by atoms with Gasteiger partial charge in [-0.15, -0.1) is 0 Å². The van der Waals surface area contributed by atoms with Crippen LogP contribution in [0.15, 0.2) is 71.8 Å². The zero-order chi connectivity index (χ0) is 27.8. The highest BCUT2D eigenvalue weighted by atomic mass is 35.5. The fraction of sp³-hybridized carbons (Fsp3) is 0.414. The van der Waals surface area contributed by atoms with Gasteiger partial charge >= 0.3 is 0 Å². The van der Waals surface area contributed by atoms with Gasteiger partial charge in [0.25, 0.3) is 0 Å². The van der Waals surface area contributed by atoms with Crippen LogP contribution >= 0.6 is 23.2 Å². The number of nitrogens with zero attached hydrogens (tertiary/aromatic N) is 3. The van der Waals surface area contributed by atoms with E-state index in [-0.39, 0.29) is 36.5 Å². The maximum absolute atomic E-state index is 13.9. The van der Waals surface area contributed by atoms with Crippen LogP contribution in [0.2, 0.25) is 10.0 Å². The summed E-state index contributed by atoms with van der Waals surface area (Å²) in [5.41, 5.74) is 1.96. The van der Waals surface area contributed by atoms with Gasteiger partial charge in [0, 0.05) is 48.2 Å². The van der Waals surface area contributed by atoms with Crippen molar-refractivity contribution in [1.29, 1.82) is 0 Å². The molecule has 0 unspecified atom stereocenters. The summed E-state index contributed by atoms with van der Waals surface area (Å²) in [5, 5.41) is 1.13. The normalized spacial score (nSPS) is 14.6. The molecule has 10 heteroatoms. The van der Waals surface area contributed by atoms with E-state index in [9.17, 15) is 13.2 Å². The predicted molar refractivity (Wildman–Crippen MR) is 154 cm³/mol. The zero-order valence-electron chi connectivity index (χ0n) is 22.1. The summed E-state index contributed by atoms with van der Waals surface area (Å²) in [6.07, 6.45) is 7.03. The van der Waals surface area contributed by atoms with Crippen LogP contribution < -0.4 is 0 Å². The highest BCUT2D eigenvalue weighted by Gasteiger charge is 2.32. The molecule has 1 amide bonds. The number of benzene rings is 2. The molecule has 1 fully saturated rings. The van der Waals surface area contributed by atoms with Crippen molar-refractivity contribution in [3.63, 3.8) is 0 Å². The van der Waals surface area contributed by atoms with E-state index in [1.807, 2.05) is 47.5 Å². The Labute approximate surface area is 241 Å². The van der Waals surface area contributed by atoms with Crippen LogP contribution in [0, 0.1) is 0 Å². The molecule has 2 aromatic carbocycles. The number of carbonyl (C=O) groups is 1. The van der Waals surface area contributed by atoms with Crippen molar-refractivity contribution in [2.75, 3.05) is 26.8 Å². The number of halogens is 2. The van der Waals surface area contributed by atoms with Crippen molar-refractivity contribution in [1.82, 2.24) is 13.8 Å². The summed E-state index contributed by atoms with van der Waals surface area (Å²) in [4.78, 5) is 15.9. The Morgan fingerprint density at radius 1 is 1.00 bits per heavy atom. The van der Waals surface area contributed by atoms with Crippen molar-refractivity contribution in [2.45, 2.75) is 56.1 Å². The highest BCUT2D eigenvalue weighted by molar-refractivity contribution is 7.89. The van der Waals surface area contributed by atoms with E-state index in [0.717, 1.165) is 43.4 Å². The molecule has 0 bridgehead atoms. The van der Waals surface area contributed by atoms with Crippen molar-refractivity contribution in [3.05, 3.63) is 88.2 Å². The molecule has 1 heterocycles. The third-order valence-electron chi connectivity index (χ3n) is 7.20. The standard InChI is InChI=1S/C29H35Cl2N3O4S/c1-38-19-18-33(39(36,37)27-15-13-24(30)14-16-27)22-29(35)34(25-9-3-2-4-10-25)21-26-11-7-17-32(26)20-23-8-5-6-12-28(23)31/h5-8,11-17,25H,2-4,9-10,18-22H2,1H3. The number of methoxy groups -OCH3 is 1. The van der Waals surface area contributed by atoms with Crippen LogP contribution in [0.1, 0.15) is 43.4 Å². The van der Waals surface area contributed by atoms with Gasteiger partial charge in [0.1, 0.15) is 0 Å². The molecule has 1 aliphatic rings. The smallest absolute Gasteiger partial charge is 0.243 e. The van der Waals surface area contributed by atoms with Crippen LogP contribution in [0.25, 0.3) is 0 Å². The molecule has 1 aromatic heterocycles. The van der Waals surface area contributed by atoms with Gasteiger partial charge in [0.2, 0.25) is 15.9 Å². The topological polar surface area (TPSA) is 71.8 Å². The Kier molecular flexibility index (Phi) is 10.5. The maximum atomic E-state index is 13.9. The molecule has 0 N–H and O–H groups in total. The molecule has 210 valence electrons. The van der Waals surface area contributed by atoms with E-state index in [1.165, 1.54) is 35.7 Å². The Morgan fingerprint density at radius 2 is 1.72 bits per heavy atom. The van der Waals surface area contributed by atoms with Crippen LogP contribution in [-0.2, 0) is 32.6 Å². The molecular weight excluding hydrogens is 557 g/mol. The number of sulfonamides is 1. The summed E-state index contributed by atoms with van der Waals surface area (Å²) in [6, 6.07) is 17.7. The monoisotopic (exact) mass is 591 g/mol. The average molecular weight is 593 g/mol. The minimum atomic E-state index is -3.94. The molecule has 0 atom stereocenters. The van der Waals surface area contributed by atoms with Gasteiger partial charge in [0.15, 0.2) is 0 Å². The van der Waals surface area contributed by atoms with Gasteiger partial charge < -0.3 is 14.2 Å². The molecule has 3 aromatic rings. The summed E-state index contributed by atoms with van der Waals surface area (Å²) >= 11 is 12.4. The fourth-order valence-electron chi connectivity index (χ4n) is 5.02. The summed E-state index contributed by atoms with van der Waals surface area (Å²) < 4.78 is 35.5. The zero-order valence-corrected chi connectivity index (χ0v) is 24.5. The van der Waals surface area contributed by atoms with Crippen LogP contribution in [-0.4, -0.2) is 60.9 Å². The van der Waals surface area contributed by atoms with Gasteiger partial charge in [-0.3, -0.25) is 4.79 Å². The second kappa shape index (κ2) is 13.8. The second-order valence-electron chi connectivity index (χ2n) is 9.82. The lowest BCUT2D eigenvalue weighted by molar-refractivity contribution is -0.135. The summed E-state index contributed by atoms with van der Waals surface area (Å²) in [5.74, 6) is -0.221. The Balaban J connectivity index is 1.59. The van der Waals surface area contributed by atoms with E-state index in [0.29, 0.717) is 23.1 Å². The van der Waals surface area contributed by atoms with Crippen molar-refractivity contribution < 1.29 is 17.9 Å². The molecule has 39 heavy (non-hydrogen) atoms. The Morgan fingerprint density at radius 3 is 2.41 bits per heavy atom. The molecule has 1 aliphatic carbocycles. The summed E-state index contributed by atoms with van der Waals surface area (Å²) in [6.45, 7) is 0.939. The first kappa shape index (κ1) is 29.6. The molecule has 0 saturated heterocycles. The van der Waals surface area contributed by atoms with Gasteiger partial charge in [0.05, 0.1) is 24.6 Å². The maximum Gasteiger partial charge on any atom is 0.243 e. The van der Waals surface area contributed by atoms with E-state index in [1.54, 1.807) is 0 Å². The lowest BCUT2D eigenvalue weighted by atomic mass is 9.94. The number of hydrogen-bond acceptors (Lipinski definition) is 4. The largest absolute Gasteiger partial charge is 0.383 e. The minimum Gasteiger partial charge on any atom is -0.383 e. The van der Waals surface area contributed by atoms with Crippen molar-refractivity contribution >= 4 is 39.1 Å². The first-order valence-electron chi connectivity index (χ1n) is 13.2. The van der Waals surface area contributed by atoms with Gasteiger partial charge in [-0.2, -0.15) is 4.31 Å². The van der Waals surface area contributed by atoms with E-state index < -0.39 is 10.0 Å². The third kappa shape index (κ3) is 7.64. The van der Waals surface area contributed by atoms with Crippen molar-refractivity contribution in [2.24, 2.45) is 0 Å². The fourth-order valence-corrected chi connectivity index (χ4v) is 6.72. The SMILES string of the molecule is COCCN(CC(=O)N(Cc1cccn1Cc1ccccc1Cl)C1CCCCC1)S(=O)(=O)c1ccc(Cl)cc1.